The predicted molar refractivity (Wildman–Crippen MR) is 69.0 cm³/mol. The van der Waals surface area contributed by atoms with E-state index in [9.17, 15) is 9.59 Å². The van der Waals surface area contributed by atoms with E-state index < -0.39 is 11.9 Å². The zero-order valence-electron chi connectivity index (χ0n) is 11.0. The molecule has 0 unspecified atom stereocenters. The first kappa shape index (κ1) is 14.8. The van der Waals surface area contributed by atoms with Crippen molar-refractivity contribution >= 4 is 11.9 Å². The van der Waals surface area contributed by atoms with Crippen LogP contribution in [0.1, 0.15) is 17.3 Å². The average Bonchev–Trinajstić information content (AvgIpc) is 2.42. The number of carbonyl (C=O) groups is 2. The summed E-state index contributed by atoms with van der Waals surface area (Å²) in [6.07, 6.45) is 0. The van der Waals surface area contributed by atoms with Gasteiger partial charge in [-0.15, -0.1) is 0 Å². The maximum absolute atomic E-state index is 11.7. The van der Waals surface area contributed by atoms with Gasteiger partial charge in [0.25, 0.3) is 0 Å². The van der Waals surface area contributed by atoms with Gasteiger partial charge in [0.15, 0.2) is 0 Å². The standard InChI is InChI=1S/C14H16O5/c1-10(2)13(15)18-7-8-19-14(16)11-5-4-6-12(9-11)17-3/h4-6,9H,1,7-8H2,2-3H3. The van der Waals surface area contributed by atoms with Gasteiger partial charge < -0.3 is 14.2 Å². The highest BCUT2D eigenvalue weighted by atomic mass is 16.6. The minimum atomic E-state index is -0.502. The molecular formula is C14H16O5. The van der Waals surface area contributed by atoms with Crippen molar-refractivity contribution < 1.29 is 23.8 Å². The Kier molecular flexibility index (Phi) is 5.60. The van der Waals surface area contributed by atoms with Crippen molar-refractivity contribution in [3.05, 3.63) is 42.0 Å². The summed E-state index contributed by atoms with van der Waals surface area (Å²) < 4.78 is 14.8. The molecule has 0 aliphatic rings. The Morgan fingerprint density at radius 1 is 1.21 bits per heavy atom. The smallest absolute Gasteiger partial charge is 0.338 e. The van der Waals surface area contributed by atoms with E-state index in [0.29, 0.717) is 16.9 Å². The summed E-state index contributed by atoms with van der Waals surface area (Å²) >= 11 is 0. The van der Waals surface area contributed by atoms with Gasteiger partial charge in [-0.25, -0.2) is 9.59 Å². The summed E-state index contributed by atoms with van der Waals surface area (Å²) in [5, 5.41) is 0. The number of rotatable bonds is 6. The highest BCUT2D eigenvalue weighted by Crippen LogP contribution is 2.13. The second kappa shape index (κ2) is 7.20. The molecule has 0 N–H and O–H groups in total. The number of hydrogen-bond donors (Lipinski definition) is 0. The summed E-state index contributed by atoms with van der Waals surface area (Å²) in [5.41, 5.74) is 0.685. The van der Waals surface area contributed by atoms with Crippen LogP contribution in [-0.2, 0) is 14.3 Å². The lowest BCUT2D eigenvalue weighted by atomic mass is 10.2. The molecule has 0 aliphatic carbocycles. The van der Waals surface area contributed by atoms with Crippen LogP contribution < -0.4 is 4.74 Å². The van der Waals surface area contributed by atoms with Crippen molar-refractivity contribution in [1.82, 2.24) is 0 Å². The Morgan fingerprint density at radius 3 is 2.53 bits per heavy atom. The maximum Gasteiger partial charge on any atom is 0.338 e. The van der Waals surface area contributed by atoms with Crippen LogP contribution in [0.3, 0.4) is 0 Å². The molecule has 0 amide bonds. The molecule has 5 nitrogen and oxygen atoms in total. The molecule has 0 saturated heterocycles. The first-order chi connectivity index (χ1) is 9.04. The molecule has 1 rings (SSSR count). The number of benzene rings is 1. The SMILES string of the molecule is C=C(C)C(=O)OCCOC(=O)c1cccc(OC)c1. The van der Waals surface area contributed by atoms with E-state index in [4.69, 9.17) is 14.2 Å². The van der Waals surface area contributed by atoms with Crippen LogP contribution in [0.5, 0.6) is 5.75 Å². The molecule has 0 bridgehead atoms. The third-order valence-electron chi connectivity index (χ3n) is 2.20. The number of hydrogen-bond acceptors (Lipinski definition) is 5. The molecule has 0 radical (unpaired) electrons. The van der Waals surface area contributed by atoms with Crippen LogP contribution >= 0.6 is 0 Å². The molecule has 0 spiro atoms. The van der Waals surface area contributed by atoms with E-state index in [2.05, 4.69) is 6.58 Å². The van der Waals surface area contributed by atoms with Crippen molar-refractivity contribution in [2.45, 2.75) is 6.92 Å². The normalized spacial score (nSPS) is 9.58. The van der Waals surface area contributed by atoms with Crippen molar-refractivity contribution in [1.29, 1.82) is 0 Å². The molecule has 0 saturated carbocycles. The van der Waals surface area contributed by atoms with E-state index in [1.54, 1.807) is 31.2 Å². The van der Waals surface area contributed by atoms with Crippen molar-refractivity contribution in [3.8, 4) is 5.75 Å². The fraction of sp³-hybridized carbons (Fsp3) is 0.286. The second-order valence-corrected chi connectivity index (χ2v) is 3.78. The Hall–Kier alpha value is -2.30. The lowest BCUT2D eigenvalue weighted by Crippen LogP contribution is -2.14. The first-order valence-corrected chi connectivity index (χ1v) is 5.68. The topological polar surface area (TPSA) is 61.8 Å². The molecule has 0 aromatic heterocycles. The van der Waals surface area contributed by atoms with E-state index in [1.807, 2.05) is 0 Å². The fourth-order valence-corrected chi connectivity index (χ4v) is 1.23. The quantitative estimate of drug-likeness (QED) is 0.446. The van der Waals surface area contributed by atoms with Crippen LogP contribution in [-0.4, -0.2) is 32.3 Å². The molecular weight excluding hydrogens is 248 g/mol. The Bertz CT molecular complexity index is 478. The van der Waals surface area contributed by atoms with Gasteiger partial charge in [-0.3, -0.25) is 0 Å². The highest BCUT2D eigenvalue weighted by Gasteiger charge is 2.09. The summed E-state index contributed by atoms with van der Waals surface area (Å²) in [6, 6.07) is 6.61. The van der Waals surface area contributed by atoms with E-state index in [0.717, 1.165) is 0 Å². The Balaban J connectivity index is 2.39. The van der Waals surface area contributed by atoms with Crippen LogP contribution in [0.15, 0.2) is 36.4 Å². The minimum absolute atomic E-state index is 0.00139. The Morgan fingerprint density at radius 2 is 1.89 bits per heavy atom. The molecule has 0 atom stereocenters. The van der Waals surface area contributed by atoms with Crippen LogP contribution in [0, 0.1) is 0 Å². The zero-order valence-corrected chi connectivity index (χ0v) is 11.0. The summed E-state index contributed by atoms with van der Waals surface area (Å²) in [7, 11) is 1.52. The van der Waals surface area contributed by atoms with E-state index in [-0.39, 0.29) is 13.2 Å². The lowest BCUT2D eigenvalue weighted by molar-refractivity contribution is -0.140. The minimum Gasteiger partial charge on any atom is -0.497 e. The predicted octanol–water partition coefficient (Wildman–Crippen LogP) is 1.97. The van der Waals surface area contributed by atoms with E-state index in [1.165, 1.54) is 7.11 Å². The lowest BCUT2D eigenvalue weighted by Gasteiger charge is -2.07. The van der Waals surface area contributed by atoms with Gasteiger partial charge in [0, 0.05) is 5.57 Å². The number of esters is 2. The zero-order chi connectivity index (χ0) is 14.3. The van der Waals surface area contributed by atoms with Crippen molar-refractivity contribution in [3.63, 3.8) is 0 Å². The van der Waals surface area contributed by atoms with Gasteiger partial charge in [0.05, 0.1) is 12.7 Å². The van der Waals surface area contributed by atoms with E-state index >= 15 is 0 Å². The Labute approximate surface area is 111 Å². The first-order valence-electron chi connectivity index (χ1n) is 5.68. The number of ether oxygens (including phenoxy) is 3. The van der Waals surface area contributed by atoms with Gasteiger partial charge in [-0.1, -0.05) is 12.6 Å². The third kappa shape index (κ3) is 4.83. The van der Waals surface area contributed by atoms with Crippen molar-refractivity contribution in [2.75, 3.05) is 20.3 Å². The second-order valence-electron chi connectivity index (χ2n) is 3.78. The monoisotopic (exact) mass is 264 g/mol. The third-order valence-corrected chi connectivity index (χ3v) is 2.20. The fourth-order valence-electron chi connectivity index (χ4n) is 1.23. The summed E-state index contributed by atoms with van der Waals surface area (Å²) in [5.74, 6) is -0.425. The average molecular weight is 264 g/mol. The van der Waals surface area contributed by atoms with Gasteiger partial charge >= 0.3 is 11.9 Å². The molecule has 0 fully saturated rings. The number of carbonyl (C=O) groups excluding carboxylic acids is 2. The van der Waals surface area contributed by atoms with Crippen LogP contribution in [0.25, 0.3) is 0 Å². The molecule has 0 aliphatic heterocycles. The van der Waals surface area contributed by atoms with Crippen LogP contribution in [0.2, 0.25) is 0 Å². The largest absolute Gasteiger partial charge is 0.497 e. The van der Waals surface area contributed by atoms with Gasteiger partial charge in [-0.2, -0.15) is 0 Å². The van der Waals surface area contributed by atoms with Gasteiger partial charge in [-0.05, 0) is 25.1 Å². The van der Waals surface area contributed by atoms with Gasteiger partial charge in [0.2, 0.25) is 0 Å². The number of methoxy groups -OCH3 is 1. The molecule has 0 heterocycles. The maximum atomic E-state index is 11.7. The molecule has 19 heavy (non-hydrogen) atoms. The van der Waals surface area contributed by atoms with Crippen molar-refractivity contribution in [2.24, 2.45) is 0 Å². The van der Waals surface area contributed by atoms with Gasteiger partial charge in [0.1, 0.15) is 19.0 Å². The summed E-state index contributed by atoms with van der Waals surface area (Å²) in [6.45, 7) is 4.98. The summed E-state index contributed by atoms with van der Waals surface area (Å²) in [4.78, 5) is 22.7. The molecule has 5 heteroatoms. The van der Waals surface area contributed by atoms with Crippen LogP contribution in [0.4, 0.5) is 0 Å². The molecule has 1 aromatic rings. The molecule has 1 aromatic carbocycles. The highest BCUT2D eigenvalue weighted by molar-refractivity contribution is 5.90. The molecule has 102 valence electrons.